The molecule has 1 aliphatic heterocycles. The number of halogens is 3. The largest absolute Gasteiger partial charge is 0.507 e. The maximum Gasteiger partial charge on any atom is 0.338 e. The van der Waals surface area contributed by atoms with Crippen molar-refractivity contribution in [2.75, 3.05) is 5.32 Å². The Hall–Kier alpha value is -1.78. The van der Waals surface area contributed by atoms with E-state index >= 15 is 0 Å². The summed E-state index contributed by atoms with van der Waals surface area (Å²) in [5, 5.41) is 13.7. The highest BCUT2D eigenvalue weighted by Gasteiger charge is 2.33. The van der Waals surface area contributed by atoms with Crippen molar-refractivity contribution in [1.29, 1.82) is 0 Å². The molecule has 28 heavy (non-hydrogen) atoms. The fourth-order valence-electron chi connectivity index (χ4n) is 2.16. The first-order chi connectivity index (χ1) is 13.2. The zero-order chi connectivity index (χ0) is 20.4. The number of aromatic hydroxyl groups is 1. The maximum atomic E-state index is 12.6. The van der Waals surface area contributed by atoms with E-state index in [9.17, 15) is 14.7 Å². The number of phenols is 1. The van der Waals surface area contributed by atoms with E-state index in [4.69, 9.17) is 35.4 Å². The van der Waals surface area contributed by atoms with Crippen LogP contribution in [0.25, 0.3) is 6.08 Å². The van der Waals surface area contributed by atoms with Crippen LogP contribution >= 0.6 is 63.1 Å². The van der Waals surface area contributed by atoms with Gasteiger partial charge in [0.15, 0.2) is 4.32 Å². The highest BCUT2D eigenvalue weighted by molar-refractivity contribution is 9.10. The van der Waals surface area contributed by atoms with Crippen molar-refractivity contribution in [1.82, 2.24) is 10.4 Å². The molecule has 0 unspecified atom stereocenters. The monoisotopic (exact) mass is 517 g/mol. The molecular weight excluding hydrogens is 509 g/mol. The van der Waals surface area contributed by atoms with Gasteiger partial charge in [0, 0.05) is 5.69 Å². The predicted octanol–water partition coefficient (Wildman–Crippen LogP) is 5.40. The van der Waals surface area contributed by atoms with Gasteiger partial charge in [-0.3, -0.25) is 4.79 Å². The number of nitrogens with zero attached hydrogens (tertiary/aromatic N) is 1. The number of nitrogens with one attached hydrogen (secondary N) is 2. The third kappa shape index (κ3) is 4.79. The lowest BCUT2D eigenvalue weighted by molar-refractivity contribution is -0.123. The summed E-state index contributed by atoms with van der Waals surface area (Å²) in [6.07, 6.45) is 1.61. The number of hydrazine groups is 1. The van der Waals surface area contributed by atoms with Gasteiger partial charge in [0.05, 0.1) is 19.4 Å². The summed E-state index contributed by atoms with van der Waals surface area (Å²) < 4.78 is 0.675. The van der Waals surface area contributed by atoms with E-state index in [0.717, 1.165) is 16.8 Å². The molecule has 144 valence electrons. The number of hydrogen-bond acceptors (Lipinski definition) is 5. The zero-order valence-corrected chi connectivity index (χ0v) is 18.4. The van der Waals surface area contributed by atoms with Gasteiger partial charge < -0.3 is 10.4 Å². The van der Waals surface area contributed by atoms with E-state index in [1.807, 2.05) is 0 Å². The lowest BCUT2D eigenvalue weighted by atomic mass is 10.2. The number of carbonyl (C=O) groups is 2. The van der Waals surface area contributed by atoms with Crippen LogP contribution in [0.15, 0.2) is 45.8 Å². The lowest BCUT2D eigenvalue weighted by Gasteiger charge is -2.16. The summed E-state index contributed by atoms with van der Waals surface area (Å²) in [5.74, 6) is -0.381. The van der Waals surface area contributed by atoms with Crippen molar-refractivity contribution in [2.45, 2.75) is 0 Å². The van der Waals surface area contributed by atoms with E-state index in [-0.39, 0.29) is 15.1 Å². The molecule has 2 aromatic rings. The molecule has 0 bridgehead atoms. The van der Waals surface area contributed by atoms with Gasteiger partial charge in [-0.15, -0.1) is 0 Å². The molecule has 3 rings (SSSR count). The summed E-state index contributed by atoms with van der Waals surface area (Å²) in [7, 11) is 0. The molecule has 1 fully saturated rings. The number of amides is 3. The van der Waals surface area contributed by atoms with Gasteiger partial charge in [-0.05, 0) is 70.1 Å². The van der Waals surface area contributed by atoms with E-state index < -0.39 is 11.9 Å². The summed E-state index contributed by atoms with van der Waals surface area (Å²) >= 11 is 21.2. The van der Waals surface area contributed by atoms with Crippen LogP contribution in [0.3, 0.4) is 0 Å². The standard InChI is InChI=1S/C17H10BrCl2N3O3S2/c18-10-5-8(1-4-13(10)24)6-14-15(25)23(17(27)28-14)22-16(26)21-9-2-3-11(19)12(20)7-9/h1-7,24H,(H2,21,22,26)/b14-6+. The van der Waals surface area contributed by atoms with Crippen molar-refractivity contribution in [3.8, 4) is 5.75 Å². The third-order valence-corrected chi connectivity index (χ3v) is 6.13. The first-order valence-electron chi connectivity index (χ1n) is 7.54. The Morgan fingerprint density at radius 3 is 2.64 bits per heavy atom. The molecule has 1 saturated heterocycles. The Morgan fingerprint density at radius 2 is 1.96 bits per heavy atom. The van der Waals surface area contributed by atoms with Crippen LogP contribution < -0.4 is 10.7 Å². The number of thioether (sulfide) groups is 1. The van der Waals surface area contributed by atoms with Crippen LogP contribution in [0.4, 0.5) is 10.5 Å². The summed E-state index contributed by atoms with van der Waals surface area (Å²) in [6.45, 7) is 0. The first-order valence-corrected chi connectivity index (χ1v) is 10.3. The van der Waals surface area contributed by atoms with Crippen LogP contribution in [0, 0.1) is 0 Å². The van der Waals surface area contributed by atoms with E-state index in [0.29, 0.717) is 25.7 Å². The van der Waals surface area contributed by atoms with Gasteiger partial charge >= 0.3 is 6.03 Å². The fraction of sp³-hybridized carbons (Fsp3) is 0. The minimum atomic E-state index is -0.664. The molecule has 3 N–H and O–H groups in total. The average Bonchev–Trinajstić information content (AvgIpc) is 2.89. The second kappa shape index (κ2) is 8.71. The van der Waals surface area contributed by atoms with Gasteiger partial charge in [-0.2, -0.15) is 5.01 Å². The molecule has 0 aromatic heterocycles. The Balaban J connectivity index is 1.70. The smallest absolute Gasteiger partial charge is 0.338 e. The Labute approximate surface area is 188 Å². The van der Waals surface area contributed by atoms with Crippen molar-refractivity contribution in [3.05, 3.63) is 61.4 Å². The third-order valence-electron chi connectivity index (χ3n) is 3.45. The van der Waals surface area contributed by atoms with E-state index in [1.54, 1.807) is 24.3 Å². The summed E-state index contributed by atoms with van der Waals surface area (Å²) in [4.78, 5) is 25.1. The lowest BCUT2D eigenvalue weighted by Crippen LogP contribution is -2.46. The molecule has 11 heteroatoms. The van der Waals surface area contributed by atoms with E-state index in [1.165, 1.54) is 18.2 Å². The Kier molecular flexibility index (Phi) is 6.51. The summed E-state index contributed by atoms with van der Waals surface area (Å²) in [5.41, 5.74) is 3.49. The van der Waals surface area contributed by atoms with Crippen molar-refractivity contribution >= 4 is 91.1 Å². The second-order valence-electron chi connectivity index (χ2n) is 5.42. The molecule has 0 atom stereocenters. The quantitative estimate of drug-likeness (QED) is 0.374. The van der Waals surface area contributed by atoms with Gasteiger partial charge in [0.25, 0.3) is 5.91 Å². The Bertz CT molecular complexity index is 1030. The molecule has 2 aromatic carbocycles. The van der Waals surface area contributed by atoms with Crippen LogP contribution in [0.5, 0.6) is 5.75 Å². The Morgan fingerprint density at radius 1 is 1.21 bits per heavy atom. The number of anilines is 1. The molecule has 1 aliphatic rings. The van der Waals surface area contributed by atoms with Gasteiger partial charge in [-0.25, -0.2) is 10.2 Å². The second-order valence-corrected chi connectivity index (χ2v) is 8.77. The molecule has 0 aliphatic carbocycles. The highest BCUT2D eigenvalue weighted by Crippen LogP contribution is 2.33. The topological polar surface area (TPSA) is 81.7 Å². The fourth-order valence-corrected chi connectivity index (χ4v) is 4.04. The zero-order valence-electron chi connectivity index (χ0n) is 13.7. The minimum absolute atomic E-state index is 0.0883. The number of phenolic OH excluding ortho intramolecular Hbond substituents is 1. The van der Waals surface area contributed by atoms with Crippen molar-refractivity contribution < 1.29 is 14.7 Å². The van der Waals surface area contributed by atoms with Gasteiger partial charge in [-0.1, -0.05) is 41.0 Å². The van der Waals surface area contributed by atoms with Crippen LogP contribution in [0.1, 0.15) is 5.56 Å². The number of rotatable bonds is 3. The van der Waals surface area contributed by atoms with Crippen LogP contribution in [-0.4, -0.2) is 26.4 Å². The highest BCUT2D eigenvalue weighted by atomic mass is 79.9. The number of hydrogen-bond donors (Lipinski definition) is 3. The number of carbonyl (C=O) groups excluding carboxylic acids is 2. The van der Waals surface area contributed by atoms with Gasteiger partial charge in [0.1, 0.15) is 5.75 Å². The molecule has 0 saturated carbocycles. The van der Waals surface area contributed by atoms with Crippen molar-refractivity contribution in [3.63, 3.8) is 0 Å². The van der Waals surface area contributed by atoms with Gasteiger partial charge in [0.2, 0.25) is 0 Å². The van der Waals surface area contributed by atoms with Crippen LogP contribution in [0.2, 0.25) is 10.0 Å². The summed E-state index contributed by atoms with van der Waals surface area (Å²) in [6, 6.07) is 8.74. The number of benzene rings is 2. The molecule has 0 radical (unpaired) electrons. The number of urea groups is 1. The normalized spacial score (nSPS) is 15.2. The molecule has 3 amide bonds. The molecule has 0 spiro atoms. The average molecular weight is 519 g/mol. The molecular formula is C17H10BrCl2N3O3S2. The van der Waals surface area contributed by atoms with Crippen LogP contribution in [-0.2, 0) is 4.79 Å². The number of thiocarbonyl (C=S) groups is 1. The minimum Gasteiger partial charge on any atom is -0.507 e. The van der Waals surface area contributed by atoms with Crippen molar-refractivity contribution in [2.24, 2.45) is 0 Å². The first kappa shape index (κ1) is 20.9. The van der Waals surface area contributed by atoms with E-state index in [2.05, 4.69) is 26.7 Å². The SMILES string of the molecule is O=C(Nc1ccc(Cl)c(Cl)c1)NN1C(=O)/C(=C\c2ccc(O)c(Br)c2)SC1=S. The predicted molar refractivity (Wildman–Crippen MR) is 119 cm³/mol. The molecule has 6 nitrogen and oxygen atoms in total. The molecule has 1 heterocycles. The maximum absolute atomic E-state index is 12.6.